The van der Waals surface area contributed by atoms with E-state index in [9.17, 15) is 4.79 Å². The zero-order chi connectivity index (χ0) is 16.9. The quantitative estimate of drug-likeness (QED) is 0.667. The molecule has 0 saturated heterocycles. The van der Waals surface area contributed by atoms with Gasteiger partial charge in [0.2, 0.25) is 0 Å². The molecule has 0 fully saturated rings. The number of rotatable bonds is 6. The summed E-state index contributed by atoms with van der Waals surface area (Å²) in [5, 5.41) is 1.18. The normalized spacial score (nSPS) is 12.5. The van der Waals surface area contributed by atoms with Crippen LogP contribution in [-0.2, 0) is 22.6 Å². The number of hydrogen-bond donors (Lipinski definition) is 1. The number of carbonyl (C=O) groups excluding carboxylic acids is 1. The molecule has 3 rings (SSSR count). The molecule has 1 atom stereocenters. The molecule has 0 aliphatic heterocycles. The molecule has 0 aliphatic rings. The lowest BCUT2D eigenvalue weighted by molar-refractivity contribution is -0.151. The Morgan fingerprint density at radius 1 is 1.04 bits per heavy atom. The third kappa shape index (κ3) is 3.67. The van der Waals surface area contributed by atoms with Gasteiger partial charge < -0.3 is 9.72 Å². The predicted octanol–water partition coefficient (Wildman–Crippen LogP) is 4.73. The van der Waals surface area contributed by atoms with Crippen molar-refractivity contribution >= 4 is 16.9 Å². The summed E-state index contributed by atoms with van der Waals surface area (Å²) in [6, 6.07) is 18.0. The van der Waals surface area contributed by atoms with E-state index in [1.165, 1.54) is 10.9 Å². The summed E-state index contributed by atoms with van der Waals surface area (Å²) in [6.45, 7) is 4.48. The topological polar surface area (TPSA) is 42.1 Å². The Bertz CT molecular complexity index is 805. The van der Waals surface area contributed by atoms with E-state index < -0.39 is 0 Å². The number of fused-ring (bicyclic) bond motifs is 1. The average Bonchev–Trinajstić information content (AvgIpc) is 3.01. The van der Waals surface area contributed by atoms with E-state index >= 15 is 0 Å². The molecule has 24 heavy (non-hydrogen) atoms. The van der Waals surface area contributed by atoms with E-state index in [2.05, 4.69) is 31.0 Å². The van der Waals surface area contributed by atoms with Gasteiger partial charge in [-0.1, -0.05) is 62.4 Å². The number of hydrogen-bond acceptors (Lipinski definition) is 2. The molecule has 1 aromatic heterocycles. The van der Waals surface area contributed by atoms with Gasteiger partial charge in [-0.2, -0.15) is 0 Å². The van der Waals surface area contributed by atoms with Gasteiger partial charge in [0, 0.05) is 17.1 Å². The van der Waals surface area contributed by atoms with Gasteiger partial charge in [-0.15, -0.1) is 0 Å². The van der Waals surface area contributed by atoms with Crippen molar-refractivity contribution in [3.63, 3.8) is 0 Å². The second-order valence-corrected chi connectivity index (χ2v) is 6.51. The number of aromatic amines is 1. The number of carbonyl (C=O) groups is 1. The fraction of sp³-hybridized carbons (Fsp3) is 0.286. The molecule has 3 aromatic rings. The fourth-order valence-corrected chi connectivity index (χ4v) is 2.96. The van der Waals surface area contributed by atoms with Crippen LogP contribution in [0.5, 0.6) is 0 Å². The van der Waals surface area contributed by atoms with Crippen LogP contribution < -0.4 is 0 Å². The lowest BCUT2D eigenvalue weighted by Crippen LogP contribution is -2.24. The number of benzene rings is 2. The van der Waals surface area contributed by atoms with Gasteiger partial charge in [-0.3, -0.25) is 4.79 Å². The minimum atomic E-state index is -0.145. The number of ether oxygens (including phenoxy) is 1. The predicted molar refractivity (Wildman–Crippen MR) is 96.6 cm³/mol. The maximum atomic E-state index is 12.6. The molecule has 0 amide bonds. The van der Waals surface area contributed by atoms with Gasteiger partial charge in [0.25, 0.3) is 0 Å². The van der Waals surface area contributed by atoms with Crippen LogP contribution in [0.4, 0.5) is 0 Å². The molecule has 3 heteroatoms. The van der Waals surface area contributed by atoms with Crippen molar-refractivity contribution in [1.29, 1.82) is 0 Å². The Morgan fingerprint density at radius 2 is 1.75 bits per heavy atom. The SMILES string of the molecule is CC(C)C(Cc1c[nH]c2ccccc12)C(=O)OCc1ccccc1. The minimum absolute atomic E-state index is 0.126. The van der Waals surface area contributed by atoms with Crippen LogP contribution in [0.2, 0.25) is 0 Å². The first-order chi connectivity index (χ1) is 11.6. The highest BCUT2D eigenvalue weighted by Gasteiger charge is 2.25. The minimum Gasteiger partial charge on any atom is -0.461 e. The molecule has 1 heterocycles. The summed E-state index contributed by atoms with van der Waals surface area (Å²) in [7, 11) is 0. The van der Waals surface area contributed by atoms with Crippen molar-refractivity contribution in [3.8, 4) is 0 Å². The standard InChI is InChI=1S/C21H23NO2/c1-15(2)19(21(23)24-14-16-8-4-3-5-9-16)12-17-13-22-20-11-7-6-10-18(17)20/h3-11,13,15,19,22H,12,14H2,1-2H3. The molecule has 0 radical (unpaired) electrons. The molecule has 3 nitrogen and oxygen atoms in total. The zero-order valence-electron chi connectivity index (χ0n) is 14.2. The first-order valence-corrected chi connectivity index (χ1v) is 8.40. The summed E-state index contributed by atoms with van der Waals surface area (Å²) in [5.41, 5.74) is 3.29. The number of nitrogens with one attached hydrogen (secondary N) is 1. The van der Waals surface area contributed by atoms with Crippen LogP contribution >= 0.6 is 0 Å². The average molecular weight is 321 g/mol. The van der Waals surface area contributed by atoms with Crippen LogP contribution in [0, 0.1) is 11.8 Å². The summed E-state index contributed by atoms with van der Waals surface area (Å²) in [5.74, 6) is -0.0472. The molecule has 1 N–H and O–H groups in total. The Labute approximate surface area is 142 Å². The maximum Gasteiger partial charge on any atom is 0.309 e. The van der Waals surface area contributed by atoms with Crippen molar-refractivity contribution in [2.45, 2.75) is 26.9 Å². The van der Waals surface area contributed by atoms with E-state index in [4.69, 9.17) is 4.74 Å². The monoisotopic (exact) mass is 321 g/mol. The molecular formula is C21H23NO2. The van der Waals surface area contributed by atoms with Gasteiger partial charge >= 0.3 is 5.97 Å². The number of aromatic nitrogens is 1. The number of H-pyrrole nitrogens is 1. The van der Waals surface area contributed by atoms with Crippen LogP contribution in [0.1, 0.15) is 25.0 Å². The lowest BCUT2D eigenvalue weighted by Gasteiger charge is -2.19. The summed E-state index contributed by atoms with van der Waals surface area (Å²) in [4.78, 5) is 15.9. The van der Waals surface area contributed by atoms with Gasteiger partial charge in [-0.25, -0.2) is 0 Å². The molecule has 0 spiro atoms. The molecule has 0 aliphatic carbocycles. The first kappa shape index (κ1) is 16.3. The van der Waals surface area contributed by atoms with E-state index in [0.29, 0.717) is 13.0 Å². The fourth-order valence-electron chi connectivity index (χ4n) is 2.96. The maximum absolute atomic E-state index is 12.6. The van der Waals surface area contributed by atoms with Gasteiger partial charge in [0.15, 0.2) is 0 Å². The van der Waals surface area contributed by atoms with E-state index in [0.717, 1.165) is 11.1 Å². The highest BCUT2D eigenvalue weighted by Crippen LogP contribution is 2.25. The molecule has 1 unspecified atom stereocenters. The number of esters is 1. The van der Waals surface area contributed by atoms with Crippen LogP contribution in [-0.4, -0.2) is 11.0 Å². The Morgan fingerprint density at radius 3 is 2.50 bits per heavy atom. The molecule has 124 valence electrons. The summed E-state index contributed by atoms with van der Waals surface area (Å²) >= 11 is 0. The molecule has 0 bridgehead atoms. The van der Waals surface area contributed by atoms with Gasteiger partial charge in [-0.05, 0) is 29.5 Å². The molecule has 0 saturated carbocycles. The Hall–Kier alpha value is -2.55. The van der Waals surface area contributed by atoms with E-state index in [1.54, 1.807) is 0 Å². The van der Waals surface area contributed by atoms with Crippen molar-refractivity contribution < 1.29 is 9.53 Å². The van der Waals surface area contributed by atoms with E-state index in [-0.39, 0.29) is 17.8 Å². The second kappa shape index (κ2) is 7.35. The van der Waals surface area contributed by atoms with Crippen LogP contribution in [0.15, 0.2) is 60.8 Å². The molecular weight excluding hydrogens is 298 g/mol. The third-order valence-corrected chi connectivity index (χ3v) is 4.45. The highest BCUT2D eigenvalue weighted by atomic mass is 16.5. The highest BCUT2D eigenvalue weighted by molar-refractivity contribution is 5.84. The largest absolute Gasteiger partial charge is 0.461 e. The first-order valence-electron chi connectivity index (χ1n) is 8.40. The van der Waals surface area contributed by atoms with Crippen molar-refractivity contribution in [3.05, 3.63) is 71.9 Å². The third-order valence-electron chi connectivity index (χ3n) is 4.45. The second-order valence-electron chi connectivity index (χ2n) is 6.51. The van der Waals surface area contributed by atoms with E-state index in [1.807, 2.05) is 48.7 Å². The Kier molecular flexibility index (Phi) is 4.99. The van der Waals surface area contributed by atoms with Gasteiger partial charge in [0.1, 0.15) is 6.61 Å². The summed E-state index contributed by atoms with van der Waals surface area (Å²) in [6.07, 6.45) is 2.69. The summed E-state index contributed by atoms with van der Waals surface area (Å²) < 4.78 is 5.56. The lowest BCUT2D eigenvalue weighted by atomic mass is 9.89. The van der Waals surface area contributed by atoms with Crippen molar-refractivity contribution in [1.82, 2.24) is 4.98 Å². The van der Waals surface area contributed by atoms with Crippen LogP contribution in [0.3, 0.4) is 0 Å². The smallest absolute Gasteiger partial charge is 0.309 e. The van der Waals surface area contributed by atoms with Gasteiger partial charge in [0.05, 0.1) is 5.92 Å². The Balaban J connectivity index is 1.71. The van der Waals surface area contributed by atoms with Crippen molar-refractivity contribution in [2.75, 3.05) is 0 Å². The zero-order valence-corrected chi connectivity index (χ0v) is 14.2. The van der Waals surface area contributed by atoms with Crippen molar-refractivity contribution in [2.24, 2.45) is 11.8 Å². The van der Waals surface area contributed by atoms with Crippen LogP contribution in [0.25, 0.3) is 10.9 Å². The number of para-hydroxylation sites is 1. The molecule has 2 aromatic carbocycles.